The van der Waals surface area contributed by atoms with Gasteiger partial charge in [-0.15, -0.1) is 0 Å². The number of ether oxygens (including phenoxy) is 1. The van der Waals surface area contributed by atoms with Crippen molar-refractivity contribution in [2.24, 2.45) is 11.8 Å². The number of hydrogen-bond acceptors (Lipinski definition) is 7. The van der Waals surface area contributed by atoms with E-state index >= 15 is 0 Å². The van der Waals surface area contributed by atoms with Crippen LogP contribution in [0.15, 0.2) is 29.2 Å². The van der Waals surface area contributed by atoms with Gasteiger partial charge in [0.15, 0.2) is 0 Å². The molecule has 9 nitrogen and oxygen atoms in total. The van der Waals surface area contributed by atoms with Crippen molar-refractivity contribution < 1.29 is 28.7 Å². The Kier molecular flexibility index (Phi) is 7.35. The van der Waals surface area contributed by atoms with Gasteiger partial charge in [-0.25, -0.2) is 0 Å². The number of nitrogens with one attached hydrogen (secondary N) is 1. The normalized spacial score (nSPS) is 23.6. The monoisotopic (exact) mass is 485 g/mol. The van der Waals surface area contributed by atoms with Gasteiger partial charge >= 0.3 is 0 Å². The fourth-order valence-corrected chi connectivity index (χ4v) is 5.47. The molecule has 2 atom stereocenters. The summed E-state index contributed by atoms with van der Waals surface area (Å²) in [6.45, 7) is 0.199. The average molecular weight is 486 g/mol. The molecule has 1 aromatic carbocycles. The highest BCUT2D eigenvalue weighted by molar-refractivity contribution is 8.18. The van der Waals surface area contributed by atoms with Crippen LogP contribution in [0.1, 0.15) is 37.7 Å². The molecular formula is C24H27N3O6S. The second kappa shape index (κ2) is 10.4. The number of nitrogens with zero attached hydrogens (tertiary/aromatic N) is 2. The third-order valence-electron chi connectivity index (χ3n) is 6.44. The summed E-state index contributed by atoms with van der Waals surface area (Å²) < 4.78 is 5.11. The first-order chi connectivity index (χ1) is 16.4. The summed E-state index contributed by atoms with van der Waals surface area (Å²) in [6, 6.07) is 7.11. The van der Waals surface area contributed by atoms with Crippen LogP contribution in [0.4, 0.5) is 4.79 Å². The smallest absolute Gasteiger partial charge is 0.293 e. The maximum atomic E-state index is 12.6. The lowest BCUT2D eigenvalue weighted by Gasteiger charge is -2.19. The van der Waals surface area contributed by atoms with E-state index in [4.69, 9.17) is 4.74 Å². The summed E-state index contributed by atoms with van der Waals surface area (Å²) in [5.74, 6) is -0.832. The average Bonchev–Trinajstić information content (AvgIpc) is 3.25. The molecule has 1 saturated carbocycles. The molecule has 2 heterocycles. The minimum absolute atomic E-state index is 0.00378. The van der Waals surface area contributed by atoms with Crippen LogP contribution in [0.5, 0.6) is 5.75 Å². The van der Waals surface area contributed by atoms with Crippen molar-refractivity contribution >= 4 is 46.7 Å². The van der Waals surface area contributed by atoms with Crippen LogP contribution in [-0.4, -0.2) is 65.4 Å². The minimum Gasteiger partial charge on any atom is -0.497 e. The quantitative estimate of drug-likeness (QED) is 0.444. The van der Waals surface area contributed by atoms with Crippen LogP contribution in [0, 0.1) is 11.8 Å². The molecule has 2 saturated heterocycles. The lowest BCUT2D eigenvalue weighted by atomic mass is 9.81. The number of benzene rings is 1. The number of fused-ring (bicyclic) bond motifs is 1. The first-order valence-corrected chi connectivity index (χ1v) is 12.2. The third kappa shape index (κ3) is 5.01. The zero-order valence-electron chi connectivity index (χ0n) is 19.0. The lowest BCUT2D eigenvalue weighted by Crippen LogP contribution is -2.39. The highest BCUT2D eigenvalue weighted by atomic mass is 32.2. The van der Waals surface area contributed by atoms with E-state index in [0.29, 0.717) is 10.7 Å². The first kappa shape index (κ1) is 24.0. The van der Waals surface area contributed by atoms with Crippen molar-refractivity contribution in [3.8, 4) is 5.75 Å². The second-order valence-corrected chi connectivity index (χ2v) is 9.53. The Hall–Kier alpha value is -3.14. The fourth-order valence-electron chi connectivity index (χ4n) is 4.60. The van der Waals surface area contributed by atoms with Crippen LogP contribution >= 0.6 is 11.8 Å². The zero-order valence-corrected chi connectivity index (χ0v) is 19.8. The first-order valence-electron chi connectivity index (χ1n) is 11.4. The van der Waals surface area contributed by atoms with Crippen molar-refractivity contribution in [2.75, 3.05) is 26.7 Å². The number of carbonyl (C=O) groups is 5. The number of methoxy groups -OCH3 is 1. The fraction of sp³-hybridized carbons (Fsp3) is 0.458. The van der Waals surface area contributed by atoms with E-state index in [0.717, 1.165) is 47.9 Å². The van der Waals surface area contributed by atoms with Gasteiger partial charge in [-0.05, 0) is 48.4 Å². The predicted molar refractivity (Wildman–Crippen MR) is 125 cm³/mol. The topological polar surface area (TPSA) is 113 Å². The SMILES string of the molecule is COc1ccc(/C=C2\SC(=O)N(CCNC(=O)CCN3C(=O)C4CCCCC4C3=O)C2=O)cc1. The van der Waals surface area contributed by atoms with Gasteiger partial charge in [-0.2, -0.15) is 0 Å². The van der Waals surface area contributed by atoms with Gasteiger partial charge in [-0.3, -0.25) is 33.8 Å². The molecule has 3 aliphatic rings. The van der Waals surface area contributed by atoms with E-state index in [2.05, 4.69) is 5.32 Å². The molecule has 0 aromatic heterocycles. The van der Waals surface area contributed by atoms with Gasteiger partial charge in [0.25, 0.3) is 11.1 Å². The number of likely N-dealkylation sites (tertiary alicyclic amines) is 1. The number of imide groups is 2. The van der Waals surface area contributed by atoms with Gasteiger partial charge in [0.1, 0.15) is 5.75 Å². The summed E-state index contributed by atoms with van der Waals surface area (Å²) in [6.07, 6.45) is 5.03. The van der Waals surface area contributed by atoms with E-state index in [1.807, 2.05) is 0 Å². The predicted octanol–water partition coefficient (Wildman–Crippen LogP) is 2.41. The largest absolute Gasteiger partial charge is 0.497 e. The lowest BCUT2D eigenvalue weighted by molar-refractivity contribution is -0.140. The van der Waals surface area contributed by atoms with Crippen molar-refractivity contribution in [1.82, 2.24) is 15.1 Å². The Balaban J connectivity index is 1.24. The zero-order chi connectivity index (χ0) is 24.2. The standard InChI is InChI=1S/C24H27N3O6S/c1-33-16-8-6-15(7-9-16)14-19-23(31)27(24(32)34-19)13-11-25-20(28)10-12-26-21(29)17-4-2-3-5-18(17)22(26)30/h6-9,14,17-18H,2-5,10-13H2,1H3,(H,25,28)/b19-14-. The third-order valence-corrected chi connectivity index (χ3v) is 7.35. The molecule has 180 valence electrons. The number of amides is 5. The molecule has 2 unspecified atom stereocenters. The maximum Gasteiger partial charge on any atom is 0.293 e. The summed E-state index contributed by atoms with van der Waals surface area (Å²) in [4.78, 5) is 64.7. The summed E-state index contributed by atoms with van der Waals surface area (Å²) in [5.41, 5.74) is 0.769. The molecule has 1 N–H and O–H groups in total. The second-order valence-electron chi connectivity index (χ2n) is 8.53. The van der Waals surface area contributed by atoms with E-state index < -0.39 is 11.1 Å². The molecule has 0 bridgehead atoms. The van der Waals surface area contributed by atoms with Crippen LogP contribution in [0.3, 0.4) is 0 Å². The van der Waals surface area contributed by atoms with Gasteiger partial charge in [0.2, 0.25) is 17.7 Å². The van der Waals surface area contributed by atoms with Gasteiger partial charge in [0.05, 0.1) is 23.9 Å². The molecule has 0 radical (unpaired) electrons. The highest BCUT2D eigenvalue weighted by Crippen LogP contribution is 2.38. The molecule has 0 spiro atoms. The number of hydrogen-bond donors (Lipinski definition) is 1. The molecule has 10 heteroatoms. The van der Waals surface area contributed by atoms with E-state index in [1.54, 1.807) is 37.5 Å². The summed E-state index contributed by atoms with van der Waals surface area (Å²) in [7, 11) is 1.57. The van der Waals surface area contributed by atoms with Crippen molar-refractivity contribution in [2.45, 2.75) is 32.1 Å². The Morgan fingerprint density at radius 2 is 1.68 bits per heavy atom. The van der Waals surface area contributed by atoms with E-state index in [9.17, 15) is 24.0 Å². The Labute approximate surface area is 201 Å². The van der Waals surface area contributed by atoms with E-state index in [1.165, 1.54) is 4.90 Å². The molecule has 34 heavy (non-hydrogen) atoms. The highest BCUT2D eigenvalue weighted by Gasteiger charge is 2.47. The molecule has 4 rings (SSSR count). The molecule has 3 fully saturated rings. The van der Waals surface area contributed by atoms with Crippen LogP contribution in [0.25, 0.3) is 6.08 Å². The van der Waals surface area contributed by atoms with Gasteiger partial charge < -0.3 is 10.1 Å². The molecular weight excluding hydrogens is 458 g/mol. The summed E-state index contributed by atoms with van der Waals surface area (Å²) in [5, 5.41) is 2.27. The number of carbonyl (C=O) groups excluding carboxylic acids is 5. The molecule has 1 aromatic rings. The molecule has 2 aliphatic heterocycles. The van der Waals surface area contributed by atoms with Crippen molar-refractivity contribution in [3.05, 3.63) is 34.7 Å². The van der Waals surface area contributed by atoms with Crippen LogP contribution < -0.4 is 10.1 Å². The molecule has 5 amide bonds. The number of thioether (sulfide) groups is 1. The van der Waals surface area contributed by atoms with Crippen LogP contribution in [-0.2, 0) is 19.2 Å². The Bertz CT molecular complexity index is 1010. The Morgan fingerprint density at radius 1 is 1.03 bits per heavy atom. The van der Waals surface area contributed by atoms with Gasteiger partial charge in [0, 0.05) is 26.1 Å². The minimum atomic E-state index is -0.407. The summed E-state index contributed by atoms with van der Waals surface area (Å²) >= 11 is 0.856. The van der Waals surface area contributed by atoms with Gasteiger partial charge in [-0.1, -0.05) is 25.0 Å². The molecule has 1 aliphatic carbocycles. The number of rotatable bonds is 8. The Morgan fingerprint density at radius 3 is 2.29 bits per heavy atom. The van der Waals surface area contributed by atoms with E-state index in [-0.39, 0.29) is 55.6 Å². The van der Waals surface area contributed by atoms with Crippen molar-refractivity contribution in [1.29, 1.82) is 0 Å². The van der Waals surface area contributed by atoms with Crippen molar-refractivity contribution in [3.63, 3.8) is 0 Å². The van der Waals surface area contributed by atoms with Crippen LogP contribution in [0.2, 0.25) is 0 Å². The maximum absolute atomic E-state index is 12.6.